The smallest absolute Gasteiger partial charge is 0.248 e. The first-order chi connectivity index (χ1) is 12.5. The lowest BCUT2D eigenvalue weighted by molar-refractivity contribution is -0.133. The van der Waals surface area contributed by atoms with E-state index in [1.54, 1.807) is 41.3 Å². The number of hydrogen-bond acceptors (Lipinski definition) is 4. The van der Waals surface area contributed by atoms with Crippen LogP contribution < -0.4 is 16.4 Å². The van der Waals surface area contributed by atoms with Gasteiger partial charge in [0.2, 0.25) is 11.8 Å². The molecule has 7 nitrogen and oxygen atoms in total. The molecular formula is C18H22ClN5O2. The van der Waals surface area contributed by atoms with Gasteiger partial charge in [-0.05, 0) is 49.7 Å². The number of nitrogens with one attached hydrogen (secondary N) is 2. The second-order valence-corrected chi connectivity index (χ2v) is 6.92. The number of carbonyl (C=O) groups is 2. The summed E-state index contributed by atoms with van der Waals surface area (Å²) in [4.78, 5) is 24.8. The molecule has 1 aliphatic rings. The molecule has 1 atom stereocenters. The molecule has 0 aliphatic carbocycles. The van der Waals surface area contributed by atoms with E-state index in [-0.39, 0.29) is 12.3 Å². The fourth-order valence-electron chi connectivity index (χ4n) is 3.39. The van der Waals surface area contributed by atoms with Crippen LogP contribution in [0.2, 0.25) is 5.02 Å². The minimum absolute atomic E-state index is 0.000477. The number of primary amides is 1. The third-order valence-corrected chi connectivity index (χ3v) is 4.99. The Balaban J connectivity index is 1.89. The summed E-state index contributed by atoms with van der Waals surface area (Å²) >= 11 is 6.07. The molecule has 3 rings (SSSR count). The molecule has 1 aliphatic heterocycles. The van der Waals surface area contributed by atoms with Gasteiger partial charge >= 0.3 is 0 Å². The summed E-state index contributed by atoms with van der Waals surface area (Å²) in [6.07, 6.45) is 4.68. The third-order valence-electron chi connectivity index (χ3n) is 4.76. The Kier molecular flexibility index (Phi) is 5.58. The molecule has 0 radical (unpaired) electrons. The number of nitrogens with two attached hydrogens (primary N) is 1. The molecule has 0 bridgehead atoms. The molecule has 2 heterocycles. The lowest BCUT2D eigenvalue weighted by Gasteiger charge is -2.37. The maximum Gasteiger partial charge on any atom is 0.248 e. The zero-order valence-electron chi connectivity index (χ0n) is 14.3. The fraction of sp³-hybridized carbons (Fsp3) is 0.389. The quantitative estimate of drug-likeness (QED) is 0.709. The molecule has 26 heavy (non-hydrogen) atoms. The van der Waals surface area contributed by atoms with E-state index < -0.39 is 17.5 Å². The van der Waals surface area contributed by atoms with E-state index in [9.17, 15) is 9.59 Å². The Hall–Kier alpha value is -2.38. The van der Waals surface area contributed by atoms with E-state index in [2.05, 4.69) is 15.7 Å². The molecule has 4 N–H and O–H groups in total. The lowest BCUT2D eigenvalue weighted by atomic mass is 9.86. The maximum atomic E-state index is 13.3. The van der Waals surface area contributed by atoms with E-state index in [0.717, 1.165) is 5.56 Å². The fourth-order valence-corrected chi connectivity index (χ4v) is 3.59. The normalized spacial score (nSPS) is 17.4. The van der Waals surface area contributed by atoms with E-state index >= 15 is 0 Å². The van der Waals surface area contributed by atoms with Crippen molar-refractivity contribution >= 4 is 23.4 Å². The highest BCUT2D eigenvalue weighted by atomic mass is 35.5. The first kappa shape index (κ1) is 18.4. The predicted octanol–water partition coefficient (Wildman–Crippen LogP) is 1.35. The predicted molar refractivity (Wildman–Crippen MR) is 98.5 cm³/mol. The van der Waals surface area contributed by atoms with Crippen LogP contribution in [0.4, 0.5) is 0 Å². The average Bonchev–Trinajstić information content (AvgIpc) is 3.16. The third kappa shape index (κ3) is 3.89. The van der Waals surface area contributed by atoms with Crippen molar-refractivity contribution in [3.63, 3.8) is 0 Å². The van der Waals surface area contributed by atoms with Crippen LogP contribution >= 0.6 is 11.6 Å². The number of rotatable bonds is 6. The van der Waals surface area contributed by atoms with Crippen molar-refractivity contribution < 1.29 is 9.59 Å². The van der Waals surface area contributed by atoms with Crippen LogP contribution in [0.25, 0.3) is 0 Å². The van der Waals surface area contributed by atoms with Crippen LogP contribution in [0.3, 0.4) is 0 Å². The topological polar surface area (TPSA) is 102 Å². The van der Waals surface area contributed by atoms with Crippen molar-refractivity contribution in [1.29, 1.82) is 0 Å². The monoisotopic (exact) mass is 375 g/mol. The van der Waals surface area contributed by atoms with E-state index in [4.69, 9.17) is 17.3 Å². The summed E-state index contributed by atoms with van der Waals surface area (Å²) in [6, 6.07) is 8.34. The van der Waals surface area contributed by atoms with Gasteiger partial charge in [0, 0.05) is 17.4 Å². The number of carbonyl (C=O) groups excluding carboxylic acids is 2. The average molecular weight is 376 g/mol. The molecule has 1 saturated heterocycles. The Morgan fingerprint density at radius 3 is 2.73 bits per heavy atom. The zero-order chi connectivity index (χ0) is 18.6. The Morgan fingerprint density at radius 2 is 2.12 bits per heavy atom. The lowest BCUT2D eigenvalue weighted by Crippen LogP contribution is -2.55. The van der Waals surface area contributed by atoms with Crippen LogP contribution in [-0.2, 0) is 15.1 Å². The highest BCUT2D eigenvalue weighted by Gasteiger charge is 2.42. The van der Waals surface area contributed by atoms with Gasteiger partial charge in [-0.1, -0.05) is 23.7 Å². The van der Waals surface area contributed by atoms with Gasteiger partial charge in [-0.3, -0.25) is 14.3 Å². The molecule has 1 aromatic heterocycles. The van der Waals surface area contributed by atoms with Gasteiger partial charge in [0.15, 0.2) is 0 Å². The Bertz CT molecular complexity index is 772. The van der Waals surface area contributed by atoms with E-state index in [0.29, 0.717) is 31.0 Å². The standard InChI is InChI=1S/C18H22ClN5O2/c19-14-4-1-3-13(11-14)15(12-16(20)25)23-17(26)18(5-8-21-9-6-18)24-10-2-7-22-24/h1-4,7,10-11,15,21H,5-6,8-9,12H2,(H2,20,25)(H,23,26)/t15-/m1/s1. The van der Waals surface area contributed by atoms with E-state index in [1.165, 1.54) is 0 Å². The van der Waals surface area contributed by atoms with Crippen molar-refractivity contribution in [3.8, 4) is 0 Å². The summed E-state index contributed by atoms with van der Waals surface area (Å²) in [7, 11) is 0. The maximum absolute atomic E-state index is 13.3. The Labute approximate surface area is 156 Å². The summed E-state index contributed by atoms with van der Waals surface area (Å²) in [5.41, 5.74) is 5.36. The Morgan fingerprint density at radius 1 is 1.35 bits per heavy atom. The minimum atomic E-state index is -0.788. The molecule has 0 saturated carbocycles. The highest BCUT2D eigenvalue weighted by molar-refractivity contribution is 6.30. The van der Waals surface area contributed by atoms with Gasteiger partial charge in [0.1, 0.15) is 5.54 Å². The second-order valence-electron chi connectivity index (χ2n) is 6.48. The van der Waals surface area contributed by atoms with Crippen molar-refractivity contribution in [2.75, 3.05) is 13.1 Å². The van der Waals surface area contributed by atoms with Gasteiger partial charge in [0.25, 0.3) is 0 Å². The first-order valence-electron chi connectivity index (χ1n) is 8.57. The molecule has 0 spiro atoms. The largest absolute Gasteiger partial charge is 0.370 e. The van der Waals surface area contributed by atoms with Crippen LogP contribution in [0.1, 0.15) is 30.9 Å². The molecule has 2 aromatic rings. The van der Waals surface area contributed by atoms with Gasteiger partial charge in [-0.25, -0.2) is 0 Å². The van der Waals surface area contributed by atoms with Gasteiger partial charge in [0.05, 0.1) is 12.5 Å². The molecule has 1 fully saturated rings. The number of halogens is 1. The molecule has 1 aromatic carbocycles. The van der Waals surface area contributed by atoms with Crippen LogP contribution in [0, 0.1) is 0 Å². The zero-order valence-corrected chi connectivity index (χ0v) is 15.1. The van der Waals surface area contributed by atoms with Crippen LogP contribution in [0.15, 0.2) is 42.7 Å². The molecular weight excluding hydrogens is 354 g/mol. The number of aromatic nitrogens is 2. The molecule has 2 amide bonds. The first-order valence-corrected chi connectivity index (χ1v) is 8.95. The number of piperidine rings is 1. The van der Waals surface area contributed by atoms with Crippen molar-refractivity contribution in [3.05, 3.63) is 53.3 Å². The number of nitrogens with zero attached hydrogens (tertiary/aromatic N) is 2. The highest BCUT2D eigenvalue weighted by Crippen LogP contribution is 2.29. The summed E-state index contributed by atoms with van der Waals surface area (Å²) in [5, 5.41) is 11.1. The number of benzene rings is 1. The SMILES string of the molecule is NC(=O)C[C@@H](NC(=O)C1(n2cccn2)CCNCC1)c1cccc(Cl)c1. The summed E-state index contributed by atoms with van der Waals surface area (Å²) in [5.74, 6) is -0.664. The minimum Gasteiger partial charge on any atom is -0.370 e. The summed E-state index contributed by atoms with van der Waals surface area (Å²) < 4.78 is 1.71. The number of hydrogen-bond donors (Lipinski definition) is 3. The van der Waals surface area contributed by atoms with Crippen LogP contribution in [0.5, 0.6) is 0 Å². The van der Waals surface area contributed by atoms with Crippen LogP contribution in [-0.4, -0.2) is 34.7 Å². The second kappa shape index (κ2) is 7.88. The van der Waals surface area contributed by atoms with Crippen molar-refractivity contribution in [2.24, 2.45) is 5.73 Å². The summed E-state index contributed by atoms with van der Waals surface area (Å²) in [6.45, 7) is 1.43. The molecule has 8 heteroatoms. The van der Waals surface area contributed by atoms with Crippen molar-refractivity contribution in [2.45, 2.75) is 30.8 Å². The molecule has 138 valence electrons. The number of amides is 2. The van der Waals surface area contributed by atoms with Gasteiger partial charge in [-0.2, -0.15) is 5.10 Å². The van der Waals surface area contributed by atoms with E-state index in [1.807, 2.05) is 6.07 Å². The van der Waals surface area contributed by atoms with Gasteiger partial charge in [-0.15, -0.1) is 0 Å². The van der Waals surface area contributed by atoms with Crippen molar-refractivity contribution in [1.82, 2.24) is 20.4 Å². The van der Waals surface area contributed by atoms with Gasteiger partial charge < -0.3 is 16.4 Å². The molecule has 0 unspecified atom stereocenters.